The Morgan fingerprint density at radius 2 is 2.14 bits per heavy atom. The lowest BCUT2D eigenvalue weighted by molar-refractivity contribution is -0.151. The van der Waals surface area contributed by atoms with Crippen molar-refractivity contribution in [3.05, 3.63) is 33.3 Å². The van der Waals surface area contributed by atoms with Crippen molar-refractivity contribution in [1.29, 1.82) is 0 Å². The lowest BCUT2D eigenvalue weighted by Gasteiger charge is -2.38. The van der Waals surface area contributed by atoms with E-state index in [1.807, 2.05) is 0 Å². The second-order valence-corrected chi connectivity index (χ2v) is 6.94. The van der Waals surface area contributed by atoms with Crippen LogP contribution in [0.25, 0.3) is 0 Å². The van der Waals surface area contributed by atoms with E-state index >= 15 is 0 Å². The largest absolute Gasteiger partial charge is 0.481 e. The van der Waals surface area contributed by atoms with Gasteiger partial charge in [0.15, 0.2) is 0 Å². The minimum atomic E-state index is -0.924. The van der Waals surface area contributed by atoms with E-state index in [0.29, 0.717) is 23.4 Å². The van der Waals surface area contributed by atoms with Crippen LogP contribution in [-0.4, -0.2) is 23.0 Å². The van der Waals surface area contributed by atoms with Crippen LogP contribution in [-0.2, 0) is 4.79 Å². The van der Waals surface area contributed by atoms with E-state index in [-0.39, 0.29) is 11.9 Å². The number of hydrogen-bond acceptors (Lipinski definition) is 2. The molecule has 0 bridgehead atoms. The van der Waals surface area contributed by atoms with E-state index in [9.17, 15) is 14.7 Å². The van der Waals surface area contributed by atoms with Crippen molar-refractivity contribution in [1.82, 2.24) is 5.32 Å². The van der Waals surface area contributed by atoms with Crippen LogP contribution in [0.2, 0.25) is 5.02 Å². The summed E-state index contributed by atoms with van der Waals surface area (Å²) in [5.41, 5.74) is -0.573. The van der Waals surface area contributed by atoms with Crippen LogP contribution in [0.5, 0.6) is 0 Å². The van der Waals surface area contributed by atoms with Crippen molar-refractivity contribution in [3.8, 4) is 0 Å². The quantitative estimate of drug-likeness (QED) is 0.844. The molecule has 0 spiro atoms. The molecule has 0 heterocycles. The van der Waals surface area contributed by atoms with Crippen molar-refractivity contribution in [3.63, 3.8) is 0 Å². The number of nitrogens with one attached hydrogen (secondary N) is 1. The van der Waals surface area contributed by atoms with Gasteiger partial charge >= 0.3 is 5.97 Å². The third-order valence-corrected chi connectivity index (χ3v) is 5.00. The van der Waals surface area contributed by atoms with Crippen molar-refractivity contribution < 1.29 is 14.7 Å². The van der Waals surface area contributed by atoms with E-state index in [2.05, 4.69) is 21.2 Å². The highest BCUT2D eigenvalue weighted by Gasteiger charge is 2.44. The van der Waals surface area contributed by atoms with E-state index in [4.69, 9.17) is 11.6 Å². The Morgan fingerprint density at radius 1 is 1.43 bits per heavy atom. The molecule has 4 nitrogen and oxygen atoms in total. The molecular formula is C15H17BrClNO3. The number of hydrogen-bond donors (Lipinski definition) is 2. The third-order valence-electron chi connectivity index (χ3n) is 4.17. The maximum atomic E-state index is 12.4. The number of carbonyl (C=O) groups is 2. The topological polar surface area (TPSA) is 66.4 Å². The fraction of sp³-hybridized carbons (Fsp3) is 0.467. The van der Waals surface area contributed by atoms with Crippen LogP contribution in [0.1, 0.15) is 43.0 Å². The summed E-state index contributed by atoms with van der Waals surface area (Å²) in [5.74, 6) is -1.20. The first-order valence-corrected chi connectivity index (χ1v) is 8.01. The minimum Gasteiger partial charge on any atom is -0.481 e. The Hall–Kier alpha value is -1.07. The number of carboxylic acid groups (broad SMARTS) is 1. The summed E-state index contributed by atoms with van der Waals surface area (Å²) in [4.78, 5) is 23.9. The van der Waals surface area contributed by atoms with E-state index in [1.165, 1.54) is 0 Å². The second kappa shape index (κ2) is 6.36. The molecule has 1 aliphatic carbocycles. The molecular weight excluding hydrogens is 358 g/mol. The normalized spacial score (nSPS) is 25.4. The summed E-state index contributed by atoms with van der Waals surface area (Å²) in [6.07, 6.45) is 3.02. The lowest BCUT2D eigenvalue weighted by Crippen LogP contribution is -2.52. The first-order valence-electron chi connectivity index (χ1n) is 6.84. The lowest BCUT2D eigenvalue weighted by atomic mass is 9.71. The van der Waals surface area contributed by atoms with Crippen molar-refractivity contribution in [2.45, 2.75) is 38.6 Å². The molecule has 0 aromatic heterocycles. The van der Waals surface area contributed by atoms with Gasteiger partial charge in [0.25, 0.3) is 5.91 Å². The number of carbonyl (C=O) groups excluding carboxylic acids is 1. The van der Waals surface area contributed by atoms with Crippen molar-refractivity contribution >= 4 is 39.4 Å². The Bertz CT molecular complexity index is 578. The molecule has 0 aliphatic heterocycles. The zero-order valence-corrected chi connectivity index (χ0v) is 14.0. The fourth-order valence-corrected chi connectivity index (χ4v) is 3.29. The van der Waals surface area contributed by atoms with Crippen LogP contribution in [0.3, 0.4) is 0 Å². The van der Waals surface area contributed by atoms with Gasteiger partial charge in [-0.15, -0.1) is 0 Å². The number of aliphatic carboxylic acids is 1. The van der Waals surface area contributed by atoms with Crippen LogP contribution >= 0.6 is 27.5 Å². The molecule has 2 N–H and O–H groups in total. The molecule has 0 radical (unpaired) electrons. The molecule has 114 valence electrons. The zero-order valence-electron chi connectivity index (χ0n) is 11.7. The van der Waals surface area contributed by atoms with Gasteiger partial charge in [0.2, 0.25) is 0 Å². The summed E-state index contributed by atoms with van der Waals surface area (Å²) >= 11 is 9.35. The smallest absolute Gasteiger partial charge is 0.311 e. The first kappa shape index (κ1) is 16.3. The van der Waals surface area contributed by atoms with Gasteiger partial charge in [0, 0.05) is 10.5 Å². The second-order valence-electron chi connectivity index (χ2n) is 5.62. The van der Waals surface area contributed by atoms with Gasteiger partial charge in [-0.3, -0.25) is 9.59 Å². The maximum Gasteiger partial charge on any atom is 0.311 e. The van der Waals surface area contributed by atoms with Gasteiger partial charge in [-0.25, -0.2) is 0 Å². The van der Waals surface area contributed by atoms with Gasteiger partial charge in [-0.1, -0.05) is 40.4 Å². The van der Waals surface area contributed by atoms with Gasteiger partial charge in [0.05, 0.1) is 16.0 Å². The van der Waals surface area contributed by atoms with Crippen LogP contribution in [0.4, 0.5) is 0 Å². The van der Waals surface area contributed by atoms with E-state index in [1.54, 1.807) is 25.1 Å². The molecule has 1 aromatic rings. The monoisotopic (exact) mass is 373 g/mol. The highest BCUT2D eigenvalue weighted by Crippen LogP contribution is 2.36. The standard InChI is InChI=1S/C15H17BrClNO3/c1-15(14(20)21)7-3-2-4-12(15)18-13(19)10-8-9(16)5-6-11(10)17/h5-6,8,12H,2-4,7H2,1H3,(H,18,19)(H,20,21). The molecule has 1 amide bonds. The summed E-state index contributed by atoms with van der Waals surface area (Å²) in [6, 6.07) is 4.64. The molecule has 1 saturated carbocycles. The summed E-state index contributed by atoms with van der Waals surface area (Å²) in [6.45, 7) is 1.70. The highest BCUT2D eigenvalue weighted by molar-refractivity contribution is 9.10. The number of carboxylic acids is 1. The van der Waals surface area contributed by atoms with Crippen LogP contribution in [0.15, 0.2) is 22.7 Å². The van der Waals surface area contributed by atoms with Gasteiger partial charge in [0.1, 0.15) is 0 Å². The first-order chi connectivity index (χ1) is 9.84. The van der Waals surface area contributed by atoms with Gasteiger partial charge in [-0.2, -0.15) is 0 Å². The molecule has 6 heteroatoms. The molecule has 1 aliphatic rings. The van der Waals surface area contributed by atoms with Crippen molar-refractivity contribution in [2.75, 3.05) is 0 Å². The molecule has 2 unspecified atom stereocenters. The Kier molecular flexibility index (Phi) is 4.94. The Morgan fingerprint density at radius 3 is 2.81 bits per heavy atom. The molecule has 2 atom stereocenters. The predicted molar refractivity (Wildman–Crippen MR) is 84.6 cm³/mol. The Balaban J connectivity index is 2.21. The highest BCUT2D eigenvalue weighted by atomic mass is 79.9. The summed E-state index contributed by atoms with van der Waals surface area (Å²) in [7, 11) is 0. The SMILES string of the molecule is CC1(C(=O)O)CCCCC1NC(=O)c1cc(Br)ccc1Cl. The molecule has 2 rings (SSSR count). The average molecular weight is 375 g/mol. The van der Waals surface area contributed by atoms with E-state index < -0.39 is 11.4 Å². The number of rotatable bonds is 3. The average Bonchev–Trinajstić information content (AvgIpc) is 2.43. The maximum absolute atomic E-state index is 12.4. The van der Waals surface area contributed by atoms with Crippen LogP contribution in [0, 0.1) is 5.41 Å². The van der Waals surface area contributed by atoms with E-state index in [0.717, 1.165) is 17.3 Å². The molecule has 1 aromatic carbocycles. The number of amides is 1. The van der Waals surface area contributed by atoms with Gasteiger partial charge in [-0.05, 0) is 38.0 Å². The molecule has 0 saturated heterocycles. The molecule has 21 heavy (non-hydrogen) atoms. The number of halogens is 2. The summed E-state index contributed by atoms with van der Waals surface area (Å²) < 4.78 is 0.752. The Labute approximate surface area is 137 Å². The minimum absolute atomic E-state index is 0.333. The van der Waals surface area contributed by atoms with Crippen molar-refractivity contribution in [2.24, 2.45) is 5.41 Å². The molecule has 1 fully saturated rings. The third kappa shape index (κ3) is 3.40. The zero-order chi connectivity index (χ0) is 15.6. The summed E-state index contributed by atoms with van der Waals surface area (Å²) in [5, 5.41) is 12.7. The van der Waals surface area contributed by atoms with Crippen LogP contribution < -0.4 is 5.32 Å². The predicted octanol–water partition coefficient (Wildman–Crippen LogP) is 3.87. The fourth-order valence-electron chi connectivity index (χ4n) is 2.73. The number of benzene rings is 1. The van der Waals surface area contributed by atoms with Gasteiger partial charge < -0.3 is 10.4 Å².